The van der Waals surface area contributed by atoms with Gasteiger partial charge < -0.3 is 10.1 Å². The number of benzene rings is 3. The van der Waals surface area contributed by atoms with E-state index in [1.54, 1.807) is 36.4 Å². The number of ether oxygens (including phenoxy) is 1. The third-order valence-electron chi connectivity index (χ3n) is 4.74. The zero-order valence-electron chi connectivity index (χ0n) is 16.7. The van der Waals surface area contributed by atoms with E-state index >= 15 is 0 Å². The highest BCUT2D eigenvalue weighted by molar-refractivity contribution is 7.80. The fraction of sp³-hybridized carbons (Fsp3) is 0.0870. The summed E-state index contributed by atoms with van der Waals surface area (Å²) in [6.45, 7) is -0.281. The van der Waals surface area contributed by atoms with Crippen LogP contribution >= 0.6 is 12.2 Å². The number of hydrogen-bond acceptors (Lipinski definition) is 6. The van der Waals surface area contributed by atoms with Crippen LogP contribution in [0.4, 0.5) is 5.69 Å². The number of rotatable bonds is 6. The first kappa shape index (κ1) is 21.1. The van der Waals surface area contributed by atoms with E-state index < -0.39 is 23.6 Å². The van der Waals surface area contributed by atoms with Crippen LogP contribution in [0.5, 0.6) is 5.75 Å². The summed E-state index contributed by atoms with van der Waals surface area (Å²) in [5.41, 5.74) is 2.80. The monoisotopic (exact) mass is 446 g/mol. The van der Waals surface area contributed by atoms with Gasteiger partial charge in [0.05, 0.1) is 5.69 Å². The number of carbonyl (C=O) groups is 3. The molecule has 0 saturated carbocycles. The van der Waals surface area contributed by atoms with Gasteiger partial charge in [0, 0.05) is 11.6 Å². The van der Waals surface area contributed by atoms with Crippen molar-refractivity contribution < 1.29 is 19.1 Å². The maximum Gasteiger partial charge on any atom is 0.277 e. The molecule has 3 aromatic rings. The Labute approximate surface area is 188 Å². The second kappa shape index (κ2) is 9.36. The van der Waals surface area contributed by atoms with Crippen molar-refractivity contribution >= 4 is 57.7 Å². The van der Waals surface area contributed by atoms with Gasteiger partial charge in [0.2, 0.25) is 5.91 Å². The number of thiocarbonyl (C=S) groups is 1. The normalized spacial score (nSPS) is 16.3. The highest BCUT2D eigenvalue weighted by atomic mass is 32.1. The summed E-state index contributed by atoms with van der Waals surface area (Å²) in [6.07, 6.45) is 1.07. The molecule has 32 heavy (non-hydrogen) atoms. The Morgan fingerprint density at radius 3 is 2.59 bits per heavy atom. The lowest BCUT2D eigenvalue weighted by Gasteiger charge is -2.30. The first-order chi connectivity index (χ1) is 15.5. The van der Waals surface area contributed by atoms with E-state index in [4.69, 9.17) is 17.0 Å². The minimum atomic E-state index is -1.24. The fourth-order valence-corrected chi connectivity index (χ4v) is 3.52. The second-order valence-corrected chi connectivity index (χ2v) is 7.25. The van der Waals surface area contributed by atoms with Gasteiger partial charge in [-0.1, -0.05) is 54.6 Å². The summed E-state index contributed by atoms with van der Waals surface area (Å²) in [4.78, 5) is 38.4. The Balaban J connectivity index is 1.38. The molecular formula is C23H18N4O4S. The number of carbonyl (C=O) groups excluding carboxylic acids is 3. The van der Waals surface area contributed by atoms with Crippen LogP contribution in [0, 0.1) is 5.92 Å². The minimum absolute atomic E-state index is 0.0108. The topological polar surface area (TPSA) is 100 Å². The Kier molecular flexibility index (Phi) is 6.18. The molecule has 3 amide bonds. The molecule has 1 aliphatic rings. The average molecular weight is 446 g/mol. The lowest BCUT2D eigenvalue weighted by Crippen LogP contribution is -2.58. The summed E-state index contributed by atoms with van der Waals surface area (Å²) in [7, 11) is 0. The van der Waals surface area contributed by atoms with Crippen molar-refractivity contribution in [1.29, 1.82) is 0 Å². The van der Waals surface area contributed by atoms with Gasteiger partial charge in [-0.05, 0) is 35.8 Å². The molecule has 4 rings (SSSR count). The fourth-order valence-electron chi connectivity index (χ4n) is 3.22. The number of hydrazone groups is 1. The number of para-hydroxylation sites is 1. The summed E-state index contributed by atoms with van der Waals surface area (Å²) in [5, 5.41) is 8.11. The summed E-state index contributed by atoms with van der Waals surface area (Å²) in [5.74, 6) is -2.38. The Hall–Kier alpha value is -4.11. The van der Waals surface area contributed by atoms with E-state index in [1.165, 1.54) is 4.90 Å². The quantitative estimate of drug-likeness (QED) is 0.262. The van der Waals surface area contributed by atoms with Gasteiger partial charge in [-0.25, -0.2) is 5.43 Å². The molecule has 0 spiro atoms. The molecule has 160 valence electrons. The summed E-state index contributed by atoms with van der Waals surface area (Å²) >= 11 is 5.13. The van der Waals surface area contributed by atoms with Gasteiger partial charge in [-0.15, -0.1) is 0 Å². The van der Waals surface area contributed by atoms with E-state index in [0.29, 0.717) is 11.4 Å². The van der Waals surface area contributed by atoms with Crippen LogP contribution < -0.4 is 20.4 Å². The highest BCUT2D eigenvalue weighted by Crippen LogP contribution is 2.25. The van der Waals surface area contributed by atoms with E-state index in [0.717, 1.165) is 17.0 Å². The maximum atomic E-state index is 12.8. The molecule has 3 aromatic carbocycles. The van der Waals surface area contributed by atoms with Crippen LogP contribution in [0.3, 0.4) is 0 Å². The Morgan fingerprint density at radius 2 is 1.78 bits per heavy atom. The standard InChI is InChI=1S/C23H18N4O4S/c28-20(14-31-19-12-6-8-15-7-4-5-11-17(15)19)26-24-13-18-21(29)25-23(32)27(22(18)30)16-9-2-1-3-10-16/h1-13,18H,14H2,(H,26,28)(H,25,29,32)/b24-13+. The Morgan fingerprint density at radius 1 is 1.06 bits per heavy atom. The molecule has 1 atom stereocenters. The van der Waals surface area contributed by atoms with Crippen molar-refractivity contribution in [2.75, 3.05) is 11.5 Å². The third-order valence-corrected chi connectivity index (χ3v) is 5.02. The number of anilines is 1. The van der Waals surface area contributed by atoms with Crippen LogP contribution in [-0.2, 0) is 14.4 Å². The van der Waals surface area contributed by atoms with Crippen LogP contribution in [0.1, 0.15) is 0 Å². The van der Waals surface area contributed by atoms with Crippen LogP contribution in [0.2, 0.25) is 0 Å². The van der Waals surface area contributed by atoms with Crippen LogP contribution in [0.15, 0.2) is 77.9 Å². The lowest BCUT2D eigenvalue weighted by molar-refractivity contribution is -0.130. The zero-order valence-corrected chi connectivity index (χ0v) is 17.5. The number of fused-ring (bicyclic) bond motifs is 1. The van der Waals surface area contributed by atoms with E-state index in [1.807, 2.05) is 36.4 Å². The van der Waals surface area contributed by atoms with Crippen molar-refractivity contribution in [2.45, 2.75) is 0 Å². The molecule has 1 saturated heterocycles. The molecule has 1 heterocycles. The molecule has 2 N–H and O–H groups in total. The van der Waals surface area contributed by atoms with Crippen molar-refractivity contribution in [2.24, 2.45) is 11.0 Å². The van der Waals surface area contributed by atoms with Gasteiger partial charge in [-0.3, -0.25) is 19.3 Å². The molecule has 0 bridgehead atoms. The average Bonchev–Trinajstić information content (AvgIpc) is 2.80. The van der Waals surface area contributed by atoms with Crippen LogP contribution in [0.25, 0.3) is 10.8 Å². The lowest BCUT2D eigenvalue weighted by atomic mass is 10.1. The van der Waals surface area contributed by atoms with Crippen molar-refractivity contribution in [3.8, 4) is 5.75 Å². The molecule has 1 fully saturated rings. The van der Waals surface area contributed by atoms with Gasteiger partial charge >= 0.3 is 0 Å². The van der Waals surface area contributed by atoms with E-state index in [-0.39, 0.29) is 11.7 Å². The molecule has 1 unspecified atom stereocenters. The zero-order chi connectivity index (χ0) is 22.5. The number of nitrogens with zero attached hydrogens (tertiary/aromatic N) is 2. The van der Waals surface area contributed by atoms with E-state index in [2.05, 4.69) is 15.8 Å². The second-order valence-electron chi connectivity index (χ2n) is 6.86. The van der Waals surface area contributed by atoms with Crippen molar-refractivity contribution in [1.82, 2.24) is 10.7 Å². The molecule has 9 heteroatoms. The molecule has 0 radical (unpaired) electrons. The molecule has 0 aromatic heterocycles. The van der Waals surface area contributed by atoms with Gasteiger partial charge in [0.15, 0.2) is 17.6 Å². The highest BCUT2D eigenvalue weighted by Gasteiger charge is 2.38. The Bertz CT molecular complexity index is 1220. The number of amides is 3. The molecule has 0 aliphatic carbocycles. The largest absolute Gasteiger partial charge is 0.483 e. The van der Waals surface area contributed by atoms with Gasteiger partial charge in [0.25, 0.3) is 11.8 Å². The third kappa shape index (κ3) is 4.47. The first-order valence-corrected chi connectivity index (χ1v) is 10.1. The minimum Gasteiger partial charge on any atom is -0.483 e. The number of hydrogen-bond donors (Lipinski definition) is 2. The summed E-state index contributed by atoms with van der Waals surface area (Å²) in [6, 6.07) is 21.9. The molecular weight excluding hydrogens is 428 g/mol. The maximum absolute atomic E-state index is 12.8. The van der Waals surface area contributed by atoms with E-state index in [9.17, 15) is 14.4 Å². The molecule has 1 aliphatic heterocycles. The SMILES string of the molecule is O=C(COc1cccc2ccccc12)N/N=C/C1C(=O)NC(=S)N(c2ccccc2)C1=O. The molecule has 8 nitrogen and oxygen atoms in total. The summed E-state index contributed by atoms with van der Waals surface area (Å²) < 4.78 is 5.60. The number of nitrogens with one attached hydrogen (secondary N) is 2. The van der Waals surface area contributed by atoms with Gasteiger partial charge in [-0.2, -0.15) is 5.10 Å². The van der Waals surface area contributed by atoms with Crippen LogP contribution in [-0.4, -0.2) is 35.7 Å². The van der Waals surface area contributed by atoms with Crippen molar-refractivity contribution in [3.63, 3.8) is 0 Å². The smallest absolute Gasteiger partial charge is 0.277 e. The van der Waals surface area contributed by atoms with Crippen molar-refractivity contribution in [3.05, 3.63) is 72.8 Å². The predicted molar refractivity (Wildman–Crippen MR) is 124 cm³/mol. The van der Waals surface area contributed by atoms with Gasteiger partial charge in [0.1, 0.15) is 5.75 Å². The first-order valence-electron chi connectivity index (χ1n) is 9.71. The predicted octanol–water partition coefficient (Wildman–Crippen LogP) is 2.38.